The van der Waals surface area contributed by atoms with Crippen molar-refractivity contribution in [2.75, 3.05) is 0 Å². The summed E-state index contributed by atoms with van der Waals surface area (Å²) in [6, 6.07) is 2.24. The molecule has 0 aliphatic carbocycles. The number of unbranched alkanes of at least 4 members (excludes halogenated alkanes) is 8. The average molecular weight is 417 g/mol. The first-order chi connectivity index (χ1) is 14.6. The summed E-state index contributed by atoms with van der Waals surface area (Å²) in [6.45, 7) is 11.2. The maximum Gasteiger partial charge on any atom is 0.339 e. The van der Waals surface area contributed by atoms with Crippen LogP contribution in [-0.2, 0) is 12.8 Å². The molecule has 0 aromatic carbocycles. The van der Waals surface area contributed by atoms with Crippen molar-refractivity contribution in [1.82, 2.24) is 0 Å². The maximum atomic E-state index is 13.0. The van der Waals surface area contributed by atoms with Crippen molar-refractivity contribution in [1.29, 1.82) is 0 Å². The van der Waals surface area contributed by atoms with Crippen LogP contribution in [0.2, 0.25) is 0 Å². The van der Waals surface area contributed by atoms with E-state index >= 15 is 0 Å². The Morgan fingerprint density at radius 2 is 1.27 bits per heavy atom. The molecular weight excluding hydrogens is 368 g/mol. The first-order valence-corrected chi connectivity index (χ1v) is 12.9. The Balaban J connectivity index is 3.25. The van der Waals surface area contributed by atoms with Crippen LogP contribution >= 0.6 is 0 Å². The summed E-state index contributed by atoms with van der Waals surface area (Å²) in [5.74, 6) is 0.857. The normalized spacial score (nSPS) is 12.3. The van der Waals surface area contributed by atoms with Crippen LogP contribution in [0.1, 0.15) is 141 Å². The van der Waals surface area contributed by atoms with Gasteiger partial charge in [0.1, 0.15) is 5.76 Å². The quantitative estimate of drug-likeness (QED) is 0.237. The summed E-state index contributed by atoms with van der Waals surface area (Å²) in [4.78, 5) is 13.0. The molecule has 0 saturated carbocycles. The molecule has 172 valence electrons. The third-order valence-electron chi connectivity index (χ3n) is 6.22. The first kappa shape index (κ1) is 26.7. The van der Waals surface area contributed by atoms with Crippen LogP contribution in [0.5, 0.6) is 0 Å². The molecule has 2 nitrogen and oxygen atoms in total. The van der Waals surface area contributed by atoms with E-state index in [1.54, 1.807) is 0 Å². The van der Waals surface area contributed by atoms with Crippen molar-refractivity contribution >= 4 is 5.57 Å². The highest BCUT2D eigenvalue weighted by Crippen LogP contribution is 2.29. The predicted octanol–water partition coefficient (Wildman–Crippen LogP) is 9.04. The van der Waals surface area contributed by atoms with Gasteiger partial charge in [-0.25, -0.2) is 4.79 Å². The van der Waals surface area contributed by atoms with Crippen molar-refractivity contribution in [3.8, 4) is 0 Å². The molecular formula is C28H48O2. The lowest BCUT2D eigenvalue weighted by Gasteiger charge is -2.15. The molecule has 0 aliphatic heterocycles. The molecule has 1 heterocycles. The van der Waals surface area contributed by atoms with E-state index in [0.29, 0.717) is 0 Å². The summed E-state index contributed by atoms with van der Waals surface area (Å²) >= 11 is 0. The maximum absolute atomic E-state index is 13.0. The minimum absolute atomic E-state index is 0.0792. The van der Waals surface area contributed by atoms with Gasteiger partial charge >= 0.3 is 5.63 Å². The van der Waals surface area contributed by atoms with Crippen LogP contribution in [0.3, 0.4) is 0 Å². The zero-order chi connectivity index (χ0) is 22.2. The molecule has 1 aromatic rings. The summed E-state index contributed by atoms with van der Waals surface area (Å²) < 4.78 is 5.99. The molecule has 0 amide bonds. The zero-order valence-electron chi connectivity index (χ0n) is 20.7. The van der Waals surface area contributed by atoms with Crippen LogP contribution in [0.4, 0.5) is 0 Å². The molecule has 0 N–H and O–H groups in total. The topological polar surface area (TPSA) is 30.2 Å². The van der Waals surface area contributed by atoms with Crippen LogP contribution < -0.4 is 5.63 Å². The Hall–Kier alpha value is -1.31. The predicted molar refractivity (Wildman–Crippen MR) is 132 cm³/mol. The minimum atomic E-state index is -0.0792. The minimum Gasteiger partial charge on any atom is -0.423 e. The van der Waals surface area contributed by atoms with Crippen LogP contribution in [0, 0.1) is 0 Å². The zero-order valence-corrected chi connectivity index (χ0v) is 20.7. The third kappa shape index (κ3) is 9.67. The lowest BCUT2D eigenvalue weighted by molar-refractivity contribution is 0.478. The molecule has 0 bridgehead atoms. The van der Waals surface area contributed by atoms with Crippen molar-refractivity contribution in [3.05, 3.63) is 38.9 Å². The number of hydrogen-bond acceptors (Lipinski definition) is 2. The first-order valence-electron chi connectivity index (χ1n) is 12.9. The number of rotatable bonds is 17. The summed E-state index contributed by atoms with van der Waals surface area (Å²) in [7, 11) is 0. The van der Waals surface area contributed by atoms with Crippen molar-refractivity contribution in [3.63, 3.8) is 0 Å². The summed E-state index contributed by atoms with van der Waals surface area (Å²) in [5, 5.41) is 0. The van der Waals surface area contributed by atoms with Gasteiger partial charge in [0.2, 0.25) is 0 Å². The van der Waals surface area contributed by atoms with Crippen LogP contribution in [0.25, 0.3) is 5.57 Å². The van der Waals surface area contributed by atoms with Gasteiger partial charge in [-0.2, -0.15) is 0 Å². The SMILES string of the molecule is CCCCC/C(C)=C(/CCCCC)c1cc(CCCCC)c(CCCCC)c(=O)o1. The van der Waals surface area contributed by atoms with Crippen molar-refractivity contribution < 1.29 is 4.42 Å². The van der Waals surface area contributed by atoms with E-state index in [-0.39, 0.29) is 5.63 Å². The Labute approximate surface area is 186 Å². The Morgan fingerprint density at radius 3 is 1.87 bits per heavy atom. The van der Waals surface area contributed by atoms with Gasteiger partial charge in [-0.1, -0.05) is 84.6 Å². The van der Waals surface area contributed by atoms with Crippen LogP contribution in [-0.4, -0.2) is 0 Å². The lowest BCUT2D eigenvalue weighted by Crippen LogP contribution is -2.13. The summed E-state index contributed by atoms with van der Waals surface area (Å²) in [5.41, 5.74) is 4.83. The molecule has 30 heavy (non-hydrogen) atoms. The van der Waals surface area contributed by atoms with E-state index < -0.39 is 0 Å². The molecule has 0 atom stereocenters. The highest BCUT2D eigenvalue weighted by atomic mass is 16.4. The lowest BCUT2D eigenvalue weighted by atomic mass is 9.93. The molecule has 1 aromatic heterocycles. The van der Waals surface area contributed by atoms with E-state index in [0.717, 1.165) is 49.8 Å². The smallest absolute Gasteiger partial charge is 0.339 e. The Bertz CT molecular complexity index is 666. The van der Waals surface area contributed by atoms with E-state index in [1.165, 1.54) is 80.9 Å². The highest BCUT2D eigenvalue weighted by molar-refractivity contribution is 5.65. The average Bonchev–Trinajstić information content (AvgIpc) is 2.73. The molecule has 0 radical (unpaired) electrons. The molecule has 0 unspecified atom stereocenters. The highest BCUT2D eigenvalue weighted by Gasteiger charge is 2.16. The molecule has 0 aliphatic rings. The van der Waals surface area contributed by atoms with Crippen LogP contribution in [0.15, 0.2) is 20.9 Å². The van der Waals surface area contributed by atoms with Gasteiger partial charge in [-0.15, -0.1) is 0 Å². The van der Waals surface area contributed by atoms with Gasteiger partial charge < -0.3 is 4.42 Å². The van der Waals surface area contributed by atoms with Gasteiger partial charge in [0.25, 0.3) is 0 Å². The fraction of sp³-hybridized carbons (Fsp3) is 0.750. The fourth-order valence-corrected chi connectivity index (χ4v) is 4.21. The monoisotopic (exact) mass is 416 g/mol. The van der Waals surface area contributed by atoms with Gasteiger partial charge in [0, 0.05) is 5.56 Å². The third-order valence-corrected chi connectivity index (χ3v) is 6.22. The Morgan fingerprint density at radius 1 is 0.733 bits per heavy atom. The van der Waals surface area contributed by atoms with Gasteiger partial charge in [-0.05, 0) is 75.5 Å². The molecule has 0 spiro atoms. The fourth-order valence-electron chi connectivity index (χ4n) is 4.21. The largest absolute Gasteiger partial charge is 0.423 e. The van der Waals surface area contributed by atoms with E-state index in [9.17, 15) is 4.79 Å². The molecule has 2 heteroatoms. The van der Waals surface area contributed by atoms with Gasteiger partial charge in [0.15, 0.2) is 0 Å². The second-order valence-electron chi connectivity index (χ2n) is 8.99. The molecule has 1 rings (SSSR count). The molecule has 0 saturated heterocycles. The van der Waals surface area contributed by atoms with E-state index in [4.69, 9.17) is 4.42 Å². The van der Waals surface area contributed by atoms with Crippen molar-refractivity contribution in [2.45, 2.75) is 137 Å². The number of hydrogen-bond donors (Lipinski definition) is 0. The van der Waals surface area contributed by atoms with Gasteiger partial charge in [-0.3, -0.25) is 0 Å². The standard InChI is InChI=1S/C28H48O2/c1-6-10-14-18-23(5)25(20-16-12-8-3)27-22-24(19-15-11-7-2)26(28(29)30-27)21-17-13-9-4/h22H,6-21H2,1-5H3/b25-23-. The Kier molecular flexibility index (Phi) is 14.6. The van der Waals surface area contributed by atoms with E-state index in [1.807, 2.05) is 0 Å². The van der Waals surface area contributed by atoms with E-state index in [2.05, 4.69) is 40.7 Å². The van der Waals surface area contributed by atoms with Gasteiger partial charge in [0.05, 0.1) is 0 Å². The number of allylic oxidation sites excluding steroid dienone is 2. The second kappa shape index (κ2) is 16.4. The second-order valence-corrected chi connectivity index (χ2v) is 8.99. The molecule has 0 fully saturated rings. The number of aryl methyl sites for hydroxylation is 1. The van der Waals surface area contributed by atoms with Crippen molar-refractivity contribution in [2.24, 2.45) is 0 Å². The summed E-state index contributed by atoms with van der Waals surface area (Å²) in [6.07, 6.45) is 18.4.